The van der Waals surface area contributed by atoms with Crippen LogP contribution in [0.25, 0.3) is 5.70 Å². The summed E-state index contributed by atoms with van der Waals surface area (Å²) < 4.78 is 5.45. The molecule has 1 atom stereocenters. The van der Waals surface area contributed by atoms with Crippen LogP contribution in [0, 0.1) is 0 Å². The number of esters is 1. The first-order valence-corrected chi connectivity index (χ1v) is 9.81. The number of hydrogen-bond donors (Lipinski definition) is 0. The molecule has 2 aromatic carbocycles. The van der Waals surface area contributed by atoms with Crippen LogP contribution in [0.2, 0.25) is 0 Å². The van der Waals surface area contributed by atoms with Crippen LogP contribution in [0.3, 0.4) is 0 Å². The SMILES string of the molecule is CCOC(=O)C1=C(c2ccccc2)N=C2SC=C(C)N2[C@H]1c1ccccc1. The number of fused-ring (bicyclic) bond motifs is 1. The number of carbonyl (C=O) groups is 1. The molecule has 4 rings (SSSR count). The van der Waals surface area contributed by atoms with E-state index in [2.05, 4.69) is 10.3 Å². The third-order valence-electron chi connectivity index (χ3n) is 4.57. The van der Waals surface area contributed by atoms with Crippen molar-refractivity contribution in [1.29, 1.82) is 0 Å². The summed E-state index contributed by atoms with van der Waals surface area (Å²) in [4.78, 5) is 20.0. The van der Waals surface area contributed by atoms with E-state index in [4.69, 9.17) is 9.73 Å². The average Bonchev–Trinajstić information content (AvgIpc) is 3.09. The first-order chi connectivity index (χ1) is 13.2. The van der Waals surface area contributed by atoms with Crippen LogP contribution >= 0.6 is 11.8 Å². The molecule has 0 aromatic heterocycles. The Morgan fingerprint density at radius 2 is 1.78 bits per heavy atom. The van der Waals surface area contributed by atoms with Crippen molar-refractivity contribution in [2.24, 2.45) is 4.99 Å². The molecule has 4 nitrogen and oxygen atoms in total. The molecule has 0 aliphatic carbocycles. The quantitative estimate of drug-likeness (QED) is 0.706. The number of hydrogen-bond acceptors (Lipinski definition) is 5. The van der Waals surface area contributed by atoms with Crippen molar-refractivity contribution in [2.45, 2.75) is 19.9 Å². The molecular formula is C22H20N2O2S. The lowest BCUT2D eigenvalue weighted by Gasteiger charge is -2.36. The van der Waals surface area contributed by atoms with Crippen LogP contribution in [0.4, 0.5) is 0 Å². The Labute approximate surface area is 163 Å². The maximum Gasteiger partial charge on any atom is 0.338 e. The molecule has 136 valence electrons. The van der Waals surface area contributed by atoms with E-state index in [0.29, 0.717) is 17.9 Å². The molecule has 0 amide bonds. The van der Waals surface area contributed by atoms with E-state index >= 15 is 0 Å². The van der Waals surface area contributed by atoms with Crippen molar-refractivity contribution >= 4 is 28.6 Å². The molecule has 0 bridgehead atoms. The number of carbonyl (C=O) groups excluding carboxylic acids is 1. The Kier molecular flexibility index (Phi) is 4.86. The van der Waals surface area contributed by atoms with Crippen LogP contribution in [0.1, 0.15) is 31.0 Å². The number of amidine groups is 1. The third kappa shape index (κ3) is 3.19. The van der Waals surface area contributed by atoms with Gasteiger partial charge in [0.25, 0.3) is 0 Å². The summed E-state index contributed by atoms with van der Waals surface area (Å²) in [6, 6.07) is 19.6. The Morgan fingerprint density at radius 1 is 1.11 bits per heavy atom. The van der Waals surface area contributed by atoms with Gasteiger partial charge in [0, 0.05) is 11.3 Å². The molecule has 2 heterocycles. The molecule has 0 N–H and O–H groups in total. The van der Waals surface area contributed by atoms with E-state index in [1.54, 1.807) is 11.8 Å². The van der Waals surface area contributed by atoms with Crippen molar-refractivity contribution in [1.82, 2.24) is 4.90 Å². The second-order valence-electron chi connectivity index (χ2n) is 6.30. The Morgan fingerprint density at radius 3 is 2.44 bits per heavy atom. The van der Waals surface area contributed by atoms with Gasteiger partial charge in [-0.15, -0.1) is 0 Å². The second-order valence-corrected chi connectivity index (χ2v) is 7.14. The summed E-state index contributed by atoms with van der Waals surface area (Å²) >= 11 is 1.59. The van der Waals surface area contributed by atoms with Gasteiger partial charge < -0.3 is 9.64 Å². The standard InChI is InChI=1S/C22H20N2O2S/c1-3-26-21(25)18-19(16-10-6-4-7-11-16)23-22-24(15(2)14-27-22)20(18)17-12-8-5-9-13-17/h4-14,20H,3H2,1-2H3/t20-/m0/s1. The predicted octanol–water partition coefficient (Wildman–Crippen LogP) is 4.98. The molecule has 5 heteroatoms. The zero-order valence-electron chi connectivity index (χ0n) is 15.3. The van der Waals surface area contributed by atoms with Gasteiger partial charge in [-0.2, -0.15) is 0 Å². The van der Waals surface area contributed by atoms with E-state index in [-0.39, 0.29) is 12.0 Å². The lowest BCUT2D eigenvalue weighted by atomic mass is 9.92. The maximum absolute atomic E-state index is 13.1. The molecule has 0 unspecified atom stereocenters. The van der Waals surface area contributed by atoms with Crippen LogP contribution in [-0.2, 0) is 9.53 Å². The van der Waals surface area contributed by atoms with Gasteiger partial charge in [0.15, 0.2) is 5.17 Å². The van der Waals surface area contributed by atoms with E-state index < -0.39 is 0 Å². The number of thioether (sulfide) groups is 1. The molecule has 2 aliphatic rings. The number of aliphatic imine (C=N–C) groups is 1. The molecule has 0 spiro atoms. The van der Waals surface area contributed by atoms with E-state index in [1.165, 1.54) is 0 Å². The van der Waals surface area contributed by atoms with Gasteiger partial charge in [-0.1, -0.05) is 72.4 Å². The first-order valence-electron chi connectivity index (χ1n) is 8.93. The van der Waals surface area contributed by atoms with Crippen LogP contribution in [0.5, 0.6) is 0 Å². The Balaban J connectivity index is 1.96. The van der Waals surface area contributed by atoms with Gasteiger partial charge in [-0.25, -0.2) is 9.79 Å². The van der Waals surface area contributed by atoms with Gasteiger partial charge in [-0.05, 0) is 24.8 Å². The van der Waals surface area contributed by atoms with Crippen molar-refractivity contribution in [3.8, 4) is 0 Å². The van der Waals surface area contributed by atoms with Gasteiger partial charge in [0.1, 0.15) is 0 Å². The highest BCUT2D eigenvalue weighted by Crippen LogP contribution is 2.45. The van der Waals surface area contributed by atoms with Crippen LogP contribution in [-0.4, -0.2) is 22.6 Å². The van der Waals surface area contributed by atoms with E-state index in [1.807, 2.05) is 74.5 Å². The van der Waals surface area contributed by atoms with Gasteiger partial charge in [-0.3, -0.25) is 0 Å². The first kappa shape index (κ1) is 17.6. The summed E-state index contributed by atoms with van der Waals surface area (Å²) in [7, 11) is 0. The van der Waals surface area contributed by atoms with Gasteiger partial charge >= 0.3 is 5.97 Å². The van der Waals surface area contributed by atoms with E-state index in [0.717, 1.165) is 22.0 Å². The fraction of sp³-hybridized carbons (Fsp3) is 0.182. The fourth-order valence-corrected chi connectivity index (χ4v) is 4.29. The van der Waals surface area contributed by atoms with Crippen molar-refractivity contribution < 1.29 is 9.53 Å². The van der Waals surface area contributed by atoms with Crippen LogP contribution in [0.15, 0.2) is 82.3 Å². The summed E-state index contributed by atoms with van der Waals surface area (Å²) in [6.45, 7) is 4.19. The van der Waals surface area contributed by atoms with E-state index in [9.17, 15) is 4.79 Å². The maximum atomic E-state index is 13.1. The Hall–Kier alpha value is -2.79. The zero-order valence-corrected chi connectivity index (χ0v) is 16.1. The number of nitrogens with zero attached hydrogens (tertiary/aromatic N) is 2. The van der Waals surface area contributed by atoms with Gasteiger partial charge in [0.2, 0.25) is 0 Å². The highest BCUT2D eigenvalue weighted by molar-refractivity contribution is 8.16. The molecule has 0 radical (unpaired) electrons. The third-order valence-corrected chi connectivity index (χ3v) is 5.53. The second kappa shape index (κ2) is 7.45. The fourth-order valence-electron chi connectivity index (χ4n) is 3.40. The zero-order chi connectivity index (χ0) is 18.8. The van der Waals surface area contributed by atoms with Crippen molar-refractivity contribution in [3.05, 3.63) is 88.5 Å². The lowest BCUT2D eigenvalue weighted by Crippen LogP contribution is -2.36. The van der Waals surface area contributed by atoms with Crippen LogP contribution < -0.4 is 0 Å². The highest BCUT2D eigenvalue weighted by atomic mass is 32.2. The minimum atomic E-state index is -0.322. The normalized spacial score (nSPS) is 18.7. The minimum absolute atomic E-state index is 0.265. The average molecular weight is 376 g/mol. The molecule has 2 aromatic rings. The minimum Gasteiger partial charge on any atom is -0.463 e. The summed E-state index contributed by atoms with van der Waals surface area (Å²) in [5.74, 6) is -0.322. The smallest absolute Gasteiger partial charge is 0.338 e. The number of ether oxygens (including phenoxy) is 1. The van der Waals surface area contributed by atoms with Gasteiger partial charge in [0.05, 0.1) is 23.9 Å². The monoisotopic (exact) mass is 376 g/mol. The number of allylic oxidation sites excluding steroid dienone is 1. The molecular weight excluding hydrogens is 356 g/mol. The predicted molar refractivity (Wildman–Crippen MR) is 110 cm³/mol. The number of rotatable bonds is 4. The highest BCUT2D eigenvalue weighted by Gasteiger charge is 2.40. The number of benzene rings is 2. The topological polar surface area (TPSA) is 41.9 Å². The summed E-state index contributed by atoms with van der Waals surface area (Å²) in [5, 5.41) is 2.96. The van der Waals surface area contributed by atoms with Crippen molar-refractivity contribution in [3.63, 3.8) is 0 Å². The Bertz CT molecular complexity index is 949. The molecule has 0 saturated carbocycles. The largest absolute Gasteiger partial charge is 0.463 e. The molecule has 2 aliphatic heterocycles. The molecule has 0 saturated heterocycles. The molecule has 0 fully saturated rings. The summed E-state index contributed by atoms with van der Waals surface area (Å²) in [5.41, 5.74) is 4.29. The summed E-state index contributed by atoms with van der Waals surface area (Å²) in [6.07, 6.45) is 0. The lowest BCUT2D eigenvalue weighted by molar-refractivity contribution is -0.139. The van der Waals surface area contributed by atoms with Crippen molar-refractivity contribution in [2.75, 3.05) is 6.61 Å². The molecule has 27 heavy (non-hydrogen) atoms.